The summed E-state index contributed by atoms with van der Waals surface area (Å²) >= 11 is 1.51. The van der Waals surface area contributed by atoms with Gasteiger partial charge in [0.25, 0.3) is 0 Å². The Balaban J connectivity index is 2.24. The summed E-state index contributed by atoms with van der Waals surface area (Å²) in [6, 6.07) is 7.23. The van der Waals surface area contributed by atoms with E-state index in [1.165, 1.54) is 15.6 Å². The molecule has 0 aliphatic carbocycles. The van der Waals surface area contributed by atoms with Gasteiger partial charge in [-0.3, -0.25) is 4.98 Å². The van der Waals surface area contributed by atoms with Gasteiger partial charge in [-0.1, -0.05) is 6.07 Å². The number of aryl methyl sites for hydroxylation is 1. The van der Waals surface area contributed by atoms with Crippen molar-refractivity contribution in [3.63, 3.8) is 0 Å². The van der Waals surface area contributed by atoms with Crippen molar-refractivity contribution in [1.29, 1.82) is 0 Å². The summed E-state index contributed by atoms with van der Waals surface area (Å²) in [5, 5.41) is 3.04. The van der Waals surface area contributed by atoms with E-state index in [-0.39, 0.29) is 6.54 Å². The van der Waals surface area contributed by atoms with Crippen molar-refractivity contribution in [3.05, 3.63) is 45.9 Å². The molecule has 0 unspecified atom stereocenters. The number of rotatable bonds is 6. The van der Waals surface area contributed by atoms with Crippen LogP contribution in [0.5, 0.6) is 0 Å². The Bertz CT molecular complexity index is 696. The topological polar surface area (TPSA) is 62.3 Å². The molecule has 0 bridgehead atoms. The fraction of sp³-hybridized carbons (Fsp3) is 0.357. The first-order valence-electron chi connectivity index (χ1n) is 6.55. The second kappa shape index (κ2) is 6.65. The largest absolute Gasteiger partial charge is 0.315 e. The maximum atomic E-state index is 12.7. The van der Waals surface area contributed by atoms with E-state index >= 15 is 0 Å². The van der Waals surface area contributed by atoms with Crippen LogP contribution < -0.4 is 5.32 Å². The van der Waals surface area contributed by atoms with Crippen LogP contribution >= 0.6 is 11.3 Å². The molecule has 114 valence electrons. The molecule has 0 atom stereocenters. The minimum absolute atomic E-state index is 0.264. The van der Waals surface area contributed by atoms with E-state index in [9.17, 15) is 8.42 Å². The van der Waals surface area contributed by atoms with E-state index in [0.29, 0.717) is 11.4 Å². The van der Waals surface area contributed by atoms with Crippen LogP contribution in [0.15, 0.2) is 35.4 Å². The summed E-state index contributed by atoms with van der Waals surface area (Å²) in [7, 11) is -0.0635. The molecule has 2 heterocycles. The maximum absolute atomic E-state index is 12.7. The van der Waals surface area contributed by atoms with Crippen LogP contribution in [0.1, 0.15) is 15.4 Å². The number of pyridine rings is 1. The van der Waals surface area contributed by atoms with E-state index in [0.717, 1.165) is 15.4 Å². The second-order valence-corrected chi connectivity index (χ2v) is 8.10. The summed E-state index contributed by atoms with van der Waals surface area (Å²) in [5.74, 6) is 0. The van der Waals surface area contributed by atoms with E-state index in [2.05, 4.69) is 10.3 Å². The molecule has 0 amide bonds. The molecular formula is C14H19N3O2S2. The molecule has 2 aromatic heterocycles. The van der Waals surface area contributed by atoms with Crippen LogP contribution in [-0.4, -0.2) is 31.8 Å². The molecule has 2 aromatic rings. The van der Waals surface area contributed by atoms with Crippen molar-refractivity contribution in [2.24, 2.45) is 0 Å². The zero-order chi connectivity index (χ0) is 15.5. The fourth-order valence-electron chi connectivity index (χ4n) is 2.01. The molecule has 0 fully saturated rings. The Morgan fingerprint density at radius 1 is 1.38 bits per heavy atom. The normalized spacial score (nSPS) is 12.0. The van der Waals surface area contributed by atoms with Crippen molar-refractivity contribution < 1.29 is 8.42 Å². The third-order valence-electron chi connectivity index (χ3n) is 3.07. The van der Waals surface area contributed by atoms with Gasteiger partial charge in [-0.15, -0.1) is 11.3 Å². The molecule has 0 aliphatic rings. The van der Waals surface area contributed by atoms with Gasteiger partial charge in [-0.25, -0.2) is 8.42 Å². The van der Waals surface area contributed by atoms with Gasteiger partial charge in [0.15, 0.2) is 0 Å². The van der Waals surface area contributed by atoms with Crippen LogP contribution in [0.2, 0.25) is 0 Å². The molecule has 21 heavy (non-hydrogen) atoms. The predicted molar refractivity (Wildman–Crippen MR) is 84.7 cm³/mol. The smallest absolute Gasteiger partial charge is 0.244 e. The number of hydrogen-bond donors (Lipinski definition) is 1. The number of thiophene rings is 1. The summed E-state index contributed by atoms with van der Waals surface area (Å²) in [6.07, 6.45) is 1.66. The summed E-state index contributed by atoms with van der Waals surface area (Å²) in [5.41, 5.74) is 0.729. The summed E-state index contributed by atoms with van der Waals surface area (Å²) in [4.78, 5) is 6.38. The monoisotopic (exact) mass is 325 g/mol. The first-order valence-corrected chi connectivity index (χ1v) is 8.81. The molecule has 0 radical (unpaired) electrons. The minimum Gasteiger partial charge on any atom is -0.315 e. The van der Waals surface area contributed by atoms with Gasteiger partial charge in [-0.2, -0.15) is 4.31 Å². The lowest BCUT2D eigenvalue weighted by Crippen LogP contribution is -2.27. The predicted octanol–water partition coefficient (Wildman–Crippen LogP) is 1.99. The standard InChI is InChI=1S/C14H19N3O2S2/c1-11-14(8-13(20-11)9-15-2)21(18,19)17(3)10-12-6-4-5-7-16-12/h4-8,15H,9-10H2,1-3H3. The number of aromatic nitrogens is 1. The highest BCUT2D eigenvalue weighted by Crippen LogP contribution is 2.28. The van der Waals surface area contributed by atoms with Crippen LogP contribution in [-0.2, 0) is 23.1 Å². The number of sulfonamides is 1. The Morgan fingerprint density at radius 2 is 2.14 bits per heavy atom. The van der Waals surface area contributed by atoms with Gasteiger partial charge in [0.05, 0.1) is 17.1 Å². The number of nitrogens with zero attached hydrogens (tertiary/aromatic N) is 2. The van der Waals surface area contributed by atoms with Crippen LogP contribution in [0, 0.1) is 6.92 Å². The Labute approximate surface area is 129 Å². The van der Waals surface area contributed by atoms with Crippen LogP contribution in [0.4, 0.5) is 0 Å². The molecular weight excluding hydrogens is 306 g/mol. The Hall–Kier alpha value is -1.28. The van der Waals surface area contributed by atoms with Gasteiger partial charge >= 0.3 is 0 Å². The van der Waals surface area contributed by atoms with Gasteiger partial charge < -0.3 is 5.32 Å². The first kappa shape index (κ1) is 16.1. The summed E-state index contributed by atoms with van der Waals surface area (Å²) in [6.45, 7) is 2.77. The van der Waals surface area contributed by atoms with Crippen LogP contribution in [0.3, 0.4) is 0 Å². The Morgan fingerprint density at radius 3 is 2.76 bits per heavy atom. The van der Waals surface area contributed by atoms with Gasteiger partial charge in [0, 0.05) is 29.5 Å². The highest BCUT2D eigenvalue weighted by molar-refractivity contribution is 7.89. The third kappa shape index (κ3) is 3.68. The SMILES string of the molecule is CNCc1cc(S(=O)(=O)N(C)Cc2ccccn2)c(C)s1. The molecule has 2 rings (SSSR count). The molecule has 0 saturated carbocycles. The second-order valence-electron chi connectivity index (χ2n) is 4.75. The zero-order valence-electron chi connectivity index (χ0n) is 12.3. The Kier molecular flexibility index (Phi) is 5.10. The van der Waals surface area contributed by atoms with Crippen molar-refractivity contribution in [2.45, 2.75) is 24.9 Å². The maximum Gasteiger partial charge on any atom is 0.244 e. The molecule has 0 aliphatic heterocycles. The van der Waals surface area contributed by atoms with E-state index < -0.39 is 10.0 Å². The van der Waals surface area contributed by atoms with Crippen molar-refractivity contribution >= 4 is 21.4 Å². The van der Waals surface area contributed by atoms with Crippen molar-refractivity contribution in [1.82, 2.24) is 14.6 Å². The molecule has 0 saturated heterocycles. The number of hydrogen-bond acceptors (Lipinski definition) is 5. The fourth-order valence-corrected chi connectivity index (χ4v) is 4.77. The van der Waals surface area contributed by atoms with Crippen LogP contribution in [0.25, 0.3) is 0 Å². The molecule has 0 aromatic carbocycles. The van der Waals surface area contributed by atoms with Gasteiger partial charge in [0.2, 0.25) is 10.0 Å². The first-order chi connectivity index (χ1) is 9.95. The minimum atomic E-state index is -3.49. The molecule has 1 N–H and O–H groups in total. The van der Waals surface area contributed by atoms with E-state index in [1.807, 2.05) is 32.2 Å². The lowest BCUT2D eigenvalue weighted by Gasteiger charge is -2.16. The lowest BCUT2D eigenvalue weighted by molar-refractivity contribution is 0.462. The van der Waals surface area contributed by atoms with E-state index in [1.54, 1.807) is 19.3 Å². The summed E-state index contributed by atoms with van der Waals surface area (Å²) < 4.78 is 26.7. The highest BCUT2D eigenvalue weighted by Gasteiger charge is 2.25. The third-order valence-corrected chi connectivity index (χ3v) is 6.18. The lowest BCUT2D eigenvalue weighted by atomic mass is 10.3. The molecule has 0 spiro atoms. The quantitative estimate of drug-likeness (QED) is 0.882. The van der Waals surface area contributed by atoms with E-state index in [4.69, 9.17) is 0 Å². The average Bonchev–Trinajstić information content (AvgIpc) is 2.82. The zero-order valence-corrected chi connectivity index (χ0v) is 14.0. The molecule has 5 nitrogen and oxygen atoms in total. The van der Waals surface area contributed by atoms with Gasteiger partial charge in [-0.05, 0) is 32.2 Å². The van der Waals surface area contributed by atoms with Crippen molar-refractivity contribution in [2.75, 3.05) is 14.1 Å². The molecule has 7 heteroatoms. The van der Waals surface area contributed by atoms with Crippen molar-refractivity contribution in [3.8, 4) is 0 Å². The highest BCUT2D eigenvalue weighted by atomic mass is 32.2. The van der Waals surface area contributed by atoms with Gasteiger partial charge in [0.1, 0.15) is 0 Å². The average molecular weight is 325 g/mol. The number of nitrogens with one attached hydrogen (secondary N) is 1.